The molecular formula is C22H30N6O. The molecule has 1 fully saturated rings. The van der Waals surface area contributed by atoms with E-state index >= 15 is 0 Å². The van der Waals surface area contributed by atoms with Crippen LogP contribution in [-0.4, -0.2) is 38.5 Å². The molecule has 7 heteroatoms. The monoisotopic (exact) mass is 394 g/mol. The zero-order valence-corrected chi connectivity index (χ0v) is 17.1. The van der Waals surface area contributed by atoms with Gasteiger partial charge in [-0.1, -0.05) is 26.2 Å². The summed E-state index contributed by atoms with van der Waals surface area (Å²) in [5, 5.41) is 3.12. The number of nitrogens with two attached hydrogens (primary N) is 1. The Kier molecular flexibility index (Phi) is 6.04. The van der Waals surface area contributed by atoms with Gasteiger partial charge >= 0.3 is 0 Å². The van der Waals surface area contributed by atoms with Crippen molar-refractivity contribution >= 4 is 28.0 Å². The first-order valence-electron chi connectivity index (χ1n) is 10.8. The molecule has 1 atom stereocenters. The van der Waals surface area contributed by atoms with Crippen molar-refractivity contribution in [2.45, 2.75) is 57.9 Å². The lowest BCUT2D eigenvalue weighted by molar-refractivity contribution is -0.125. The van der Waals surface area contributed by atoms with Gasteiger partial charge < -0.3 is 15.6 Å². The highest BCUT2D eigenvalue weighted by Crippen LogP contribution is 2.29. The zero-order chi connectivity index (χ0) is 20.2. The molecule has 7 nitrogen and oxygen atoms in total. The molecule has 0 aliphatic heterocycles. The largest absolute Gasteiger partial charge is 0.354 e. The Morgan fingerprint density at radius 1 is 1.28 bits per heavy atom. The fraction of sp³-hybridized carbons (Fsp3) is 0.545. The summed E-state index contributed by atoms with van der Waals surface area (Å²) < 4.78 is 2.09. The molecule has 1 unspecified atom stereocenters. The summed E-state index contributed by atoms with van der Waals surface area (Å²) in [5.41, 5.74) is 10.3. The quantitative estimate of drug-likeness (QED) is 0.641. The number of imidazole rings is 1. The predicted molar refractivity (Wildman–Crippen MR) is 115 cm³/mol. The lowest BCUT2D eigenvalue weighted by Crippen LogP contribution is -2.34. The summed E-state index contributed by atoms with van der Waals surface area (Å²) in [6, 6.07) is 3.90. The number of carbonyl (C=O) groups excluding carboxylic acids is 1. The molecule has 0 saturated heterocycles. The standard InChI is InChI=1S/C22H30N6O/c1-15(9-10-23)18-20-21(19-17(27-18)8-5-11-24-19)28(14-26-20)13-12-25-22(29)16-6-3-2-4-7-16/h5,8,11,14-16H,2-4,6-7,9-10,12-13,23H2,1H3,(H,25,29). The van der Waals surface area contributed by atoms with E-state index in [9.17, 15) is 4.79 Å². The Labute approximate surface area is 171 Å². The third-order valence-electron chi connectivity index (χ3n) is 6.03. The van der Waals surface area contributed by atoms with E-state index in [4.69, 9.17) is 10.7 Å². The number of hydrogen-bond acceptors (Lipinski definition) is 5. The van der Waals surface area contributed by atoms with E-state index in [-0.39, 0.29) is 17.7 Å². The Morgan fingerprint density at radius 2 is 2.10 bits per heavy atom. The van der Waals surface area contributed by atoms with E-state index < -0.39 is 0 Å². The van der Waals surface area contributed by atoms with Crippen LogP contribution in [0.4, 0.5) is 0 Å². The maximum Gasteiger partial charge on any atom is 0.223 e. The summed E-state index contributed by atoms with van der Waals surface area (Å²) in [5.74, 6) is 0.594. The van der Waals surface area contributed by atoms with E-state index in [0.717, 1.165) is 47.0 Å². The van der Waals surface area contributed by atoms with Crippen LogP contribution < -0.4 is 11.1 Å². The van der Waals surface area contributed by atoms with Crippen LogP contribution in [0.1, 0.15) is 57.1 Å². The van der Waals surface area contributed by atoms with Crippen LogP contribution in [0.2, 0.25) is 0 Å². The molecule has 0 spiro atoms. The summed E-state index contributed by atoms with van der Waals surface area (Å²) >= 11 is 0. The van der Waals surface area contributed by atoms with Crippen LogP contribution in [0.3, 0.4) is 0 Å². The van der Waals surface area contributed by atoms with Crippen LogP contribution in [0.5, 0.6) is 0 Å². The number of carbonyl (C=O) groups is 1. The Balaban J connectivity index is 1.59. The van der Waals surface area contributed by atoms with Gasteiger partial charge in [-0.15, -0.1) is 0 Å². The van der Waals surface area contributed by atoms with E-state index in [1.54, 1.807) is 6.20 Å². The molecule has 3 aromatic heterocycles. The number of nitrogens with zero attached hydrogens (tertiary/aromatic N) is 4. The molecule has 4 rings (SSSR count). The SMILES string of the molecule is CC(CCN)c1nc2cccnc2c2c1ncn2CCNC(=O)C1CCCCC1. The topological polar surface area (TPSA) is 98.7 Å². The average Bonchev–Trinajstić information content (AvgIpc) is 3.18. The average molecular weight is 395 g/mol. The fourth-order valence-electron chi connectivity index (χ4n) is 4.38. The lowest BCUT2D eigenvalue weighted by atomic mass is 9.89. The molecule has 1 aliphatic rings. The van der Waals surface area contributed by atoms with Crippen molar-refractivity contribution in [1.82, 2.24) is 24.8 Å². The molecule has 0 radical (unpaired) electrons. The van der Waals surface area contributed by atoms with E-state index in [1.165, 1.54) is 19.3 Å². The summed E-state index contributed by atoms with van der Waals surface area (Å²) in [4.78, 5) is 26.5. The number of fused-ring (bicyclic) bond motifs is 3. The molecule has 1 saturated carbocycles. The highest BCUT2D eigenvalue weighted by molar-refractivity contribution is 6.00. The van der Waals surface area contributed by atoms with Crippen molar-refractivity contribution in [3.05, 3.63) is 30.4 Å². The highest BCUT2D eigenvalue weighted by Gasteiger charge is 2.21. The second-order valence-electron chi connectivity index (χ2n) is 8.11. The van der Waals surface area contributed by atoms with Crippen molar-refractivity contribution in [2.24, 2.45) is 11.7 Å². The molecule has 1 amide bonds. The van der Waals surface area contributed by atoms with Crippen molar-refractivity contribution in [2.75, 3.05) is 13.1 Å². The van der Waals surface area contributed by atoms with E-state index in [0.29, 0.717) is 19.6 Å². The maximum absolute atomic E-state index is 12.4. The van der Waals surface area contributed by atoms with E-state index in [2.05, 4.69) is 26.8 Å². The van der Waals surface area contributed by atoms with Gasteiger partial charge in [0.1, 0.15) is 11.0 Å². The van der Waals surface area contributed by atoms with Crippen LogP contribution in [0, 0.1) is 5.92 Å². The zero-order valence-electron chi connectivity index (χ0n) is 17.1. The minimum atomic E-state index is 0.179. The predicted octanol–water partition coefficient (Wildman–Crippen LogP) is 3.13. The fourth-order valence-corrected chi connectivity index (χ4v) is 4.38. The molecule has 29 heavy (non-hydrogen) atoms. The van der Waals surface area contributed by atoms with Crippen LogP contribution in [0.15, 0.2) is 24.7 Å². The molecular weight excluding hydrogens is 364 g/mol. The third-order valence-corrected chi connectivity index (χ3v) is 6.03. The van der Waals surface area contributed by atoms with Crippen molar-refractivity contribution in [1.29, 1.82) is 0 Å². The molecule has 3 N–H and O–H groups in total. The maximum atomic E-state index is 12.4. The number of aromatic nitrogens is 4. The van der Waals surface area contributed by atoms with Gasteiger partial charge in [0.15, 0.2) is 0 Å². The van der Waals surface area contributed by atoms with Crippen molar-refractivity contribution in [3.8, 4) is 0 Å². The summed E-state index contributed by atoms with van der Waals surface area (Å²) in [6.45, 7) is 4.00. The highest BCUT2D eigenvalue weighted by atomic mass is 16.1. The van der Waals surface area contributed by atoms with Crippen LogP contribution in [-0.2, 0) is 11.3 Å². The normalized spacial score (nSPS) is 16.3. The first-order chi connectivity index (χ1) is 14.2. The second-order valence-corrected chi connectivity index (χ2v) is 8.11. The summed E-state index contributed by atoms with van der Waals surface area (Å²) in [7, 11) is 0. The smallest absolute Gasteiger partial charge is 0.223 e. The minimum Gasteiger partial charge on any atom is -0.354 e. The van der Waals surface area contributed by atoms with Gasteiger partial charge in [-0.05, 0) is 37.9 Å². The molecule has 0 bridgehead atoms. The van der Waals surface area contributed by atoms with E-state index in [1.807, 2.05) is 18.5 Å². The summed E-state index contributed by atoms with van der Waals surface area (Å²) in [6.07, 6.45) is 10.1. The number of nitrogens with one attached hydrogen (secondary N) is 1. The first-order valence-corrected chi connectivity index (χ1v) is 10.8. The van der Waals surface area contributed by atoms with Gasteiger partial charge in [-0.25, -0.2) is 9.97 Å². The minimum absolute atomic E-state index is 0.179. The second kappa shape index (κ2) is 8.86. The Hall–Kier alpha value is -2.54. The molecule has 3 aromatic rings. The van der Waals surface area contributed by atoms with Gasteiger partial charge in [0.25, 0.3) is 0 Å². The molecule has 1 aliphatic carbocycles. The van der Waals surface area contributed by atoms with Crippen LogP contribution >= 0.6 is 0 Å². The van der Waals surface area contributed by atoms with Gasteiger partial charge in [0, 0.05) is 31.1 Å². The molecule has 3 heterocycles. The van der Waals surface area contributed by atoms with Gasteiger partial charge in [0.2, 0.25) is 5.91 Å². The number of pyridine rings is 2. The van der Waals surface area contributed by atoms with Gasteiger partial charge in [-0.3, -0.25) is 9.78 Å². The van der Waals surface area contributed by atoms with Crippen molar-refractivity contribution in [3.63, 3.8) is 0 Å². The Morgan fingerprint density at radius 3 is 2.90 bits per heavy atom. The number of amides is 1. The number of hydrogen-bond donors (Lipinski definition) is 2. The lowest BCUT2D eigenvalue weighted by Gasteiger charge is -2.20. The van der Waals surface area contributed by atoms with Crippen LogP contribution in [0.25, 0.3) is 22.1 Å². The van der Waals surface area contributed by atoms with Gasteiger partial charge in [-0.2, -0.15) is 0 Å². The van der Waals surface area contributed by atoms with Gasteiger partial charge in [0.05, 0.1) is 23.1 Å². The molecule has 0 aromatic carbocycles. The third kappa shape index (κ3) is 4.10. The first kappa shape index (κ1) is 19.8. The van der Waals surface area contributed by atoms with Crippen molar-refractivity contribution < 1.29 is 4.79 Å². The number of rotatable bonds is 7. The Bertz CT molecular complexity index is 992. The molecule has 154 valence electrons.